The maximum Gasteiger partial charge on any atom is 0.243 e. The highest BCUT2D eigenvalue weighted by Crippen LogP contribution is 2.54. The van der Waals surface area contributed by atoms with Crippen LogP contribution >= 0.6 is 0 Å². The Morgan fingerprint density at radius 2 is 1.78 bits per heavy atom. The molecule has 1 N–H and O–H groups in total. The highest BCUT2D eigenvalue weighted by molar-refractivity contribution is 7.89. The van der Waals surface area contributed by atoms with Gasteiger partial charge in [0.25, 0.3) is 0 Å². The lowest BCUT2D eigenvalue weighted by atomic mass is 9.82. The number of hydrogen-bond acceptors (Lipinski definition) is 8. The Morgan fingerprint density at radius 1 is 1.06 bits per heavy atom. The minimum atomic E-state index is -3.81. The number of benzene rings is 2. The molecule has 192 valence electrons. The number of sulfonamides is 1. The van der Waals surface area contributed by atoms with Crippen LogP contribution in [-0.4, -0.2) is 67.9 Å². The molecule has 2 aromatic rings. The Labute approximate surface area is 210 Å². The van der Waals surface area contributed by atoms with Crippen LogP contribution in [0, 0.1) is 12.8 Å². The molecule has 4 aliphatic rings. The molecule has 6 rings (SSSR count). The average Bonchev–Trinajstić information content (AvgIpc) is 3.23. The molecule has 3 fully saturated rings. The summed E-state index contributed by atoms with van der Waals surface area (Å²) in [7, 11) is -2.26. The van der Waals surface area contributed by atoms with Gasteiger partial charge in [0.05, 0.1) is 30.2 Å². The predicted molar refractivity (Wildman–Crippen MR) is 129 cm³/mol. The minimum Gasteiger partial charge on any atom is -0.492 e. The molecule has 36 heavy (non-hydrogen) atoms. The quantitative estimate of drug-likeness (QED) is 0.607. The molecule has 1 unspecified atom stereocenters. The van der Waals surface area contributed by atoms with Crippen LogP contribution in [-0.2, 0) is 19.5 Å². The van der Waals surface area contributed by atoms with E-state index in [-0.39, 0.29) is 11.7 Å². The van der Waals surface area contributed by atoms with Crippen molar-refractivity contribution in [1.29, 1.82) is 0 Å². The Morgan fingerprint density at radius 3 is 2.50 bits per heavy atom. The third-order valence-electron chi connectivity index (χ3n) is 7.30. The molecule has 3 heterocycles. The SMILES string of the molecule is COc1c(/C=C\[C@H]2[C@H](O)[C@H]3OC(C)(C)O[C@H]3[C@H]3[C@@H]2N3S(=O)(=O)c2ccc(C)cc2)ccc2c1OCO2. The van der Waals surface area contributed by atoms with Crippen molar-refractivity contribution < 1.29 is 37.2 Å². The second-order valence-corrected chi connectivity index (χ2v) is 11.9. The molecule has 2 aromatic carbocycles. The van der Waals surface area contributed by atoms with Gasteiger partial charge in [-0.3, -0.25) is 0 Å². The van der Waals surface area contributed by atoms with Gasteiger partial charge in [-0.2, -0.15) is 4.31 Å². The van der Waals surface area contributed by atoms with E-state index in [2.05, 4.69) is 0 Å². The van der Waals surface area contributed by atoms with Gasteiger partial charge >= 0.3 is 0 Å². The van der Waals surface area contributed by atoms with E-state index < -0.39 is 52.1 Å². The van der Waals surface area contributed by atoms with Crippen LogP contribution < -0.4 is 14.2 Å². The van der Waals surface area contributed by atoms with E-state index in [1.807, 2.05) is 25.1 Å². The van der Waals surface area contributed by atoms with Gasteiger partial charge in [-0.15, -0.1) is 0 Å². The molecular weight excluding hydrogens is 486 g/mol. The highest BCUT2D eigenvalue weighted by Gasteiger charge is 2.71. The van der Waals surface area contributed by atoms with E-state index in [1.54, 1.807) is 51.3 Å². The maximum atomic E-state index is 13.7. The molecule has 0 spiro atoms. The molecule has 2 saturated heterocycles. The van der Waals surface area contributed by atoms with Gasteiger partial charge in [0.15, 0.2) is 17.3 Å². The van der Waals surface area contributed by atoms with E-state index in [4.69, 9.17) is 23.7 Å². The lowest BCUT2D eigenvalue weighted by Crippen LogP contribution is -2.49. The fraction of sp³-hybridized carbons (Fsp3) is 0.462. The number of aryl methyl sites for hydroxylation is 1. The number of fused-ring (bicyclic) bond motifs is 4. The van der Waals surface area contributed by atoms with Crippen molar-refractivity contribution in [3.05, 3.63) is 53.6 Å². The molecule has 0 amide bonds. The molecule has 0 aromatic heterocycles. The Bertz CT molecular complexity index is 1320. The third kappa shape index (κ3) is 3.62. The van der Waals surface area contributed by atoms with Crippen LogP contribution in [0.3, 0.4) is 0 Å². The number of aliphatic hydroxyl groups is 1. The van der Waals surface area contributed by atoms with Crippen molar-refractivity contribution in [2.75, 3.05) is 13.9 Å². The second-order valence-electron chi connectivity index (χ2n) is 10.0. The van der Waals surface area contributed by atoms with Gasteiger partial charge < -0.3 is 28.8 Å². The van der Waals surface area contributed by atoms with Crippen molar-refractivity contribution >= 4 is 16.1 Å². The van der Waals surface area contributed by atoms with Gasteiger partial charge in [-0.05, 0) is 45.0 Å². The molecule has 10 heteroatoms. The first-order chi connectivity index (χ1) is 17.1. The van der Waals surface area contributed by atoms with Crippen LogP contribution in [0.1, 0.15) is 25.0 Å². The summed E-state index contributed by atoms with van der Waals surface area (Å²) in [5.74, 6) is 0.181. The molecule has 7 atom stereocenters. The van der Waals surface area contributed by atoms with Crippen LogP contribution in [0.2, 0.25) is 0 Å². The average molecular weight is 516 g/mol. The molecule has 1 saturated carbocycles. The summed E-state index contributed by atoms with van der Waals surface area (Å²) in [4.78, 5) is 0.215. The summed E-state index contributed by atoms with van der Waals surface area (Å²) < 4.78 is 57.4. The van der Waals surface area contributed by atoms with Gasteiger partial charge in [0.2, 0.25) is 22.6 Å². The smallest absolute Gasteiger partial charge is 0.243 e. The summed E-state index contributed by atoms with van der Waals surface area (Å²) in [6.07, 6.45) is 1.46. The van der Waals surface area contributed by atoms with Gasteiger partial charge in [-0.25, -0.2) is 8.42 Å². The maximum absolute atomic E-state index is 13.7. The summed E-state index contributed by atoms with van der Waals surface area (Å²) in [6, 6.07) is 9.49. The van der Waals surface area contributed by atoms with Crippen LogP contribution in [0.5, 0.6) is 17.2 Å². The first-order valence-corrected chi connectivity index (χ1v) is 13.3. The number of hydrogen-bond donors (Lipinski definition) is 1. The fourth-order valence-electron chi connectivity index (χ4n) is 5.65. The van der Waals surface area contributed by atoms with Crippen LogP contribution in [0.15, 0.2) is 47.4 Å². The van der Waals surface area contributed by atoms with Crippen LogP contribution in [0.25, 0.3) is 6.08 Å². The van der Waals surface area contributed by atoms with Crippen molar-refractivity contribution in [2.45, 2.75) is 61.8 Å². The first kappa shape index (κ1) is 23.7. The zero-order chi connectivity index (χ0) is 25.4. The number of aliphatic hydroxyl groups excluding tert-OH is 1. The number of methoxy groups -OCH3 is 1. The van der Waals surface area contributed by atoms with Gasteiger partial charge in [0.1, 0.15) is 12.2 Å². The van der Waals surface area contributed by atoms with Crippen LogP contribution in [0.4, 0.5) is 0 Å². The van der Waals surface area contributed by atoms with Gasteiger partial charge in [0, 0.05) is 11.5 Å². The Hall–Kier alpha value is -2.63. The predicted octanol–water partition coefficient (Wildman–Crippen LogP) is 2.70. The van der Waals surface area contributed by atoms with Crippen molar-refractivity contribution in [3.8, 4) is 17.2 Å². The van der Waals surface area contributed by atoms with E-state index in [0.717, 1.165) is 11.1 Å². The van der Waals surface area contributed by atoms with E-state index in [9.17, 15) is 13.5 Å². The zero-order valence-corrected chi connectivity index (χ0v) is 21.3. The monoisotopic (exact) mass is 515 g/mol. The van der Waals surface area contributed by atoms with E-state index >= 15 is 0 Å². The normalized spacial score (nSPS) is 33.9. The number of ether oxygens (including phenoxy) is 5. The first-order valence-electron chi connectivity index (χ1n) is 11.9. The topological polar surface area (TPSA) is 104 Å². The third-order valence-corrected chi connectivity index (χ3v) is 9.21. The highest BCUT2D eigenvalue weighted by atomic mass is 32.2. The molecule has 9 nitrogen and oxygen atoms in total. The van der Waals surface area contributed by atoms with Crippen molar-refractivity contribution in [3.63, 3.8) is 0 Å². The second kappa shape index (κ2) is 8.19. The molecule has 0 radical (unpaired) electrons. The summed E-state index contributed by atoms with van der Waals surface area (Å²) >= 11 is 0. The lowest BCUT2D eigenvalue weighted by Gasteiger charge is -2.31. The van der Waals surface area contributed by atoms with E-state index in [1.165, 1.54) is 4.31 Å². The minimum absolute atomic E-state index is 0.117. The largest absolute Gasteiger partial charge is 0.492 e. The standard InChI is InChI=1S/C26H29NO8S/c1-14-5-9-16(10-6-14)36(29,30)27-19-17(21(28)25-24(20(19)27)34-26(2,3)35-25)11-7-15-8-12-18-23(22(15)31-4)33-13-32-18/h5-12,17,19-21,24-25,28H,13H2,1-4H3/b11-7-/t17-,19-,20-,21+,24+,25-,27?/m1/s1. The Kier molecular flexibility index (Phi) is 5.40. The van der Waals surface area contributed by atoms with Crippen molar-refractivity contribution in [1.82, 2.24) is 4.31 Å². The molecule has 1 aliphatic carbocycles. The molecule has 3 aliphatic heterocycles. The summed E-state index contributed by atoms with van der Waals surface area (Å²) in [6.45, 7) is 5.57. The molecule has 0 bridgehead atoms. The zero-order valence-electron chi connectivity index (χ0n) is 20.5. The van der Waals surface area contributed by atoms with Crippen molar-refractivity contribution in [2.24, 2.45) is 5.92 Å². The lowest BCUT2D eigenvalue weighted by molar-refractivity contribution is -0.156. The van der Waals surface area contributed by atoms with E-state index in [0.29, 0.717) is 17.2 Å². The Balaban J connectivity index is 1.37. The molecular formula is C26H29NO8S. The van der Waals surface area contributed by atoms with Gasteiger partial charge in [-0.1, -0.05) is 29.8 Å². The number of nitrogens with zero attached hydrogens (tertiary/aromatic N) is 1. The number of rotatable bonds is 5. The fourth-order valence-corrected chi connectivity index (χ4v) is 7.47. The summed E-state index contributed by atoms with van der Waals surface area (Å²) in [5, 5.41) is 11.4. The summed E-state index contributed by atoms with van der Waals surface area (Å²) in [5.41, 5.74) is 1.70.